The third-order valence-corrected chi connectivity index (χ3v) is 4.60. The molecular weight excluding hydrogens is 246 g/mol. The zero-order valence-electron chi connectivity index (χ0n) is 11.5. The van der Waals surface area contributed by atoms with Crippen LogP contribution in [0.1, 0.15) is 31.7 Å². The van der Waals surface area contributed by atoms with Crippen molar-refractivity contribution in [2.24, 2.45) is 0 Å². The van der Waals surface area contributed by atoms with Gasteiger partial charge in [-0.2, -0.15) is 0 Å². The Labute approximate surface area is 118 Å². The molecular formula is C18H19NO. The summed E-state index contributed by atoms with van der Waals surface area (Å²) in [5.41, 5.74) is 2.60. The van der Waals surface area contributed by atoms with Crippen molar-refractivity contribution in [1.29, 1.82) is 0 Å². The lowest BCUT2D eigenvalue weighted by atomic mass is 9.92. The highest BCUT2D eigenvalue weighted by Gasteiger charge is 2.24. The second-order valence-electron chi connectivity index (χ2n) is 5.88. The van der Waals surface area contributed by atoms with E-state index in [1.54, 1.807) is 0 Å². The molecule has 0 bridgehead atoms. The first-order valence-electron chi connectivity index (χ1n) is 7.50. The van der Waals surface area contributed by atoms with Gasteiger partial charge in [-0.25, -0.2) is 0 Å². The summed E-state index contributed by atoms with van der Waals surface area (Å²) in [6.07, 6.45) is 3.97. The van der Waals surface area contributed by atoms with Gasteiger partial charge in [0.2, 0.25) is 0 Å². The molecule has 20 heavy (non-hydrogen) atoms. The number of benzene rings is 2. The van der Waals surface area contributed by atoms with E-state index in [1.807, 2.05) is 0 Å². The number of aliphatic hydroxyl groups is 1. The van der Waals surface area contributed by atoms with Crippen LogP contribution in [0.15, 0.2) is 48.5 Å². The molecule has 3 aromatic rings. The highest BCUT2D eigenvalue weighted by molar-refractivity contribution is 6.08. The lowest BCUT2D eigenvalue weighted by Gasteiger charge is -2.28. The largest absolute Gasteiger partial charge is 0.393 e. The van der Waals surface area contributed by atoms with Gasteiger partial charge in [0.05, 0.1) is 6.10 Å². The van der Waals surface area contributed by atoms with Crippen molar-refractivity contribution in [1.82, 2.24) is 4.57 Å². The molecule has 2 unspecified atom stereocenters. The van der Waals surface area contributed by atoms with E-state index in [4.69, 9.17) is 0 Å². The first kappa shape index (κ1) is 12.0. The Morgan fingerprint density at radius 1 is 0.850 bits per heavy atom. The molecule has 1 fully saturated rings. The molecule has 2 nitrogen and oxygen atoms in total. The molecule has 0 amide bonds. The summed E-state index contributed by atoms with van der Waals surface area (Å²) in [5, 5.41) is 12.7. The molecule has 1 aliphatic rings. The minimum absolute atomic E-state index is 0.145. The van der Waals surface area contributed by atoms with Crippen molar-refractivity contribution in [3.8, 4) is 0 Å². The molecule has 4 rings (SSSR count). The Morgan fingerprint density at radius 2 is 1.45 bits per heavy atom. The van der Waals surface area contributed by atoms with Crippen molar-refractivity contribution < 1.29 is 5.11 Å². The van der Waals surface area contributed by atoms with Gasteiger partial charge in [-0.1, -0.05) is 36.4 Å². The van der Waals surface area contributed by atoms with E-state index in [9.17, 15) is 5.11 Å². The van der Waals surface area contributed by atoms with E-state index in [-0.39, 0.29) is 6.10 Å². The fourth-order valence-electron chi connectivity index (χ4n) is 3.72. The number of rotatable bonds is 1. The highest BCUT2D eigenvalue weighted by Crippen LogP contribution is 2.37. The second kappa shape index (κ2) is 4.64. The van der Waals surface area contributed by atoms with Gasteiger partial charge in [0, 0.05) is 27.8 Å². The Kier molecular flexibility index (Phi) is 2.78. The van der Waals surface area contributed by atoms with Gasteiger partial charge < -0.3 is 9.67 Å². The van der Waals surface area contributed by atoms with Crippen LogP contribution < -0.4 is 0 Å². The SMILES string of the molecule is OC1CCCC(n2c3ccccc3c3ccccc32)C1. The van der Waals surface area contributed by atoms with Crippen molar-refractivity contribution in [2.75, 3.05) is 0 Å². The molecule has 1 aliphatic carbocycles. The van der Waals surface area contributed by atoms with Crippen LogP contribution in [0.5, 0.6) is 0 Å². The van der Waals surface area contributed by atoms with Crippen LogP contribution in [0.2, 0.25) is 0 Å². The highest BCUT2D eigenvalue weighted by atomic mass is 16.3. The molecule has 102 valence electrons. The molecule has 0 saturated heterocycles. The summed E-state index contributed by atoms with van der Waals surface area (Å²) < 4.78 is 2.45. The molecule has 0 aliphatic heterocycles. The fourth-order valence-corrected chi connectivity index (χ4v) is 3.72. The van der Waals surface area contributed by atoms with Crippen molar-refractivity contribution in [3.63, 3.8) is 0 Å². The molecule has 2 heteroatoms. The van der Waals surface area contributed by atoms with E-state index in [1.165, 1.54) is 28.2 Å². The van der Waals surface area contributed by atoms with E-state index in [2.05, 4.69) is 53.1 Å². The Morgan fingerprint density at radius 3 is 2.05 bits per heavy atom. The molecule has 1 saturated carbocycles. The molecule has 0 spiro atoms. The number of aliphatic hydroxyl groups excluding tert-OH is 1. The quantitative estimate of drug-likeness (QED) is 0.698. The third-order valence-electron chi connectivity index (χ3n) is 4.60. The second-order valence-corrected chi connectivity index (χ2v) is 5.88. The molecule has 2 atom stereocenters. The third kappa shape index (κ3) is 1.75. The van der Waals surface area contributed by atoms with Crippen LogP contribution in [0, 0.1) is 0 Å². The van der Waals surface area contributed by atoms with Crippen LogP contribution in [0.25, 0.3) is 21.8 Å². The zero-order chi connectivity index (χ0) is 13.5. The number of fused-ring (bicyclic) bond motifs is 3. The topological polar surface area (TPSA) is 25.2 Å². The van der Waals surface area contributed by atoms with Gasteiger partial charge in [-0.05, 0) is 37.8 Å². The van der Waals surface area contributed by atoms with Crippen LogP contribution in [-0.4, -0.2) is 15.8 Å². The average molecular weight is 265 g/mol. The van der Waals surface area contributed by atoms with E-state index >= 15 is 0 Å². The molecule has 1 heterocycles. The minimum atomic E-state index is -0.145. The van der Waals surface area contributed by atoms with Crippen molar-refractivity contribution in [2.45, 2.75) is 37.8 Å². The standard InChI is InChI=1S/C18H19NO/c20-14-7-5-6-13(12-14)19-17-10-3-1-8-15(17)16-9-2-4-11-18(16)19/h1-4,8-11,13-14,20H,5-7,12H2. The maximum Gasteiger partial charge on any atom is 0.0560 e. The van der Waals surface area contributed by atoms with Crippen LogP contribution in [0.3, 0.4) is 0 Å². The summed E-state index contributed by atoms with van der Waals surface area (Å²) in [6.45, 7) is 0. The first-order chi connectivity index (χ1) is 9.84. The van der Waals surface area contributed by atoms with Crippen LogP contribution >= 0.6 is 0 Å². The van der Waals surface area contributed by atoms with E-state index in [0.717, 1.165) is 19.3 Å². The maximum atomic E-state index is 10.0. The van der Waals surface area contributed by atoms with Crippen LogP contribution in [0.4, 0.5) is 0 Å². The first-order valence-corrected chi connectivity index (χ1v) is 7.50. The molecule has 2 aromatic carbocycles. The van der Waals surface area contributed by atoms with Gasteiger partial charge in [-0.3, -0.25) is 0 Å². The zero-order valence-corrected chi connectivity index (χ0v) is 11.5. The monoisotopic (exact) mass is 265 g/mol. The molecule has 1 N–H and O–H groups in total. The summed E-state index contributed by atoms with van der Waals surface area (Å²) in [5.74, 6) is 0. The average Bonchev–Trinajstić information content (AvgIpc) is 2.82. The maximum absolute atomic E-state index is 10.0. The smallest absolute Gasteiger partial charge is 0.0560 e. The van der Waals surface area contributed by atoms with Gasteiger partial charge in [0.15, 0.2) is 0 Å². The van der Waals surface area contributed by atoms with E-state index < -0.39 is 0 Å². The van der Waals surface area contributed by atoms with Crippen LogP contribution in [-0.2, 0) is 0 Å². The normalized spacial score (nSPS) is 23.4. The predicted octanol–water partition coefficient (Wildman–Crippen LogP) is 4.27. The number of hydrogen-bond donors (Lipinski definition) is 1. The number of hydrogen-bond acceptors (Lipinski definition) is 1. The Balaban J connectivity index is 2.00. The summed E-state index contributed by atoms with van der Waals surface area (Å²) in [6, 6.07) is 17.7. The number of para-hydroxylation sites is 2. The minimum Gasteiger partial charge on any atom is -0.393 e. The lowest BCUT2D eigenvalue weighted by Crippen LogP contribution is -2.22. The molecule has 0 radical (unpaired) electrons. The Bertz CT molecular complexity index is 705. The van der Waals surface area contributed by atoms with E-state index in [0.29, 0.717) is 6.04 Å². The summed E-state index contributed by atoms with van der Waals surface area (Å²) in [7, 11) is 0. The van der Waals surface area contributed by atoms with Gasteiger partial charge in [0.25, 0.3) is 0 Å². The summed E-state index contributed by atoms with van der Waals surface area (Å²) in [4.78, 5) is 0. The van der Waals surface area contributed by atoms with Gasteiger partial charge in [0.1, 0.15) is 0 Å². The van der Waals surface area contributed by atoms with Gasteiger partial charge >= 0.3 is 0 Å². The fraction of sp³-hybridized carbons (Fsp3) is 0.333. The number of aromatic nitrogens is 1. The van der Waals surface area contributed by atoms with Crippen molar-refractivity contribution in [3.05, 3.63) is 48.5 Å². The van der Waals surface area contributed by atoms with Gasteiger partial charge in [-0.15, -0.1) is 0 Å². The predicted molar refractivity (Wildman–Crippen MR) is 83.0 cm³/mol. The summed E-state index contributed by atoms with van der Waals surface area (Å²) >= 11 is 0. The van der Waals surface area contributed by atoms with Crippen molar-refractivity contribution >= 4 is 21.8 Å². The lowest BCUT2D eigenvalue weighted by molar-refractivity contribution is 0.106. The number of nitrogens with zero attached hydrogens (tertiary/aromatic N) is 1. The molecule has 1 aromatic heterocycles. The Hall–Kier alpha value is -1.80.